The number of ketones is 1. The molecule has 2 aliphatic rings. The Morgan fingerprint density at radius 3 is 2.05 bits per heavy atom. The molecule has 0 aromatic heterocycles. The zero-order chi connectivity index (χ0) is 16.1. The van der Waals surface area contributed by atoms with Crippen molar-refractivity contribution in [1.29, 1.82) is 0 Å². The summed E-state index contributed by atoms with van der Waals surface area (Å²) in [6.45, 7) is 8.50. The first-order valence-corrected chi connectivity index (χ1v) is 9.37. The van der Waals surface area contributed by atoms with Gasteiger partial charge in [0, 0.05) is 11.8 Å². The van der Waals surface area contributed by atoms with E-state index in [4.69, 9.17) is 4.99 Å². The number of hydrogen-bond donors (Lipinski definition) is 1. The summed E-state index contributed by atoms with van der Waals surface area (Å²) in [5.41, 5.74) is 1.23. The third-order valence-electron chi connectivity index (χ3n) is 5.90. The predicted molar refractivity (Wildman–Crippen MR) is 93.6 cm³/mol. The van der Waals surface area contributed by atoms with Gasteiger partial charge in [-0.1, -0.05) is 33.1 Å². The van der Waals surface area contributed by atoms with Crippen molar-refractivity contribution in [2.45, 2.75) is 97.2 Å². The van der Waals surface area contributed by atoms with Crippen LogP contribution in [0, 0.1) is 11.8 Å². The number of piperidine rings is 1. The summed E-state index contributed by atoms with van der Waals surface area (Å²) in [6.07, 6.45) is 9.77. The lowest BCUT2D eigenvalue weighted by molar-refractivity contribution is -0.119. The van der Waals surface area contributed by atoms with Crippen LogP contribution in [0.4, 0.5) is 0 Å². The summed E-state index contributed by atoms with van der Waals surface area (Å²) in [5.74, 6) is 1.77. The van der Waals surface area contributed by atoms with Crippen LogP contribution in [0.3, 0.4) is 0 Å². The molecular weight excluding hydrogens is 272 g/mol. The van der Waals surface area contributed by atoms with E-state index in [1.165, 1.54) is 37.8 Å². The van der Waals surface area contributed by atoms with Gasteiger partial charge in [-0.2, -0.15) is 0 Å². The molecule has 0 bridgehead atoms. The number of Topliss-reactive ketones (excluding diaryl/α,β-unsaturated/α-hetero) is 1. The van der Waals surface area contributed by atoms with Gasteiger partial charge in [-0.25, -0.2) is 0 Å². The Labute approximate surface area is 136 Å². The van der Waals surface area contributed by atoms with Crippen LogP contribution in [-0.4, -0.2) is 29.6 Å². The van der Waals surface area contributed by atoms with Gasteiger partial charge in [0.1, 0.15) is 5.78 Å². The summed E-state index contributed by atoms with van der Waals surface area (Å²) in [7, 11) is 0. The van der Waals surface area contributed by atoms with Gasteiger partial charge in [0.25, 0.3) is 0 Å². The molecule has 0 aromatic rings. The molecule has 3 heteroatoms. The molecule has 1 heterocycles. The minimum Gasteiger partial charge on any atom is -0.299 e. The highest BCUT2D eigenvalue weighted by Gasteiger charge is 2.32. The summed E-state index contributed by atoms with van der Waals surface area (Å²) >= 11 is 0. The van der Waals surface area contributed by atoms with Crippen molar-refractivity contribution in [1.82, 2.24) is 5.32 Å². The zero-order valence-electron chi connectivity index (χ0n) is 14.9. The highest BCUT2D eigenvalue weighted by Crippen LogP contribution is 2.36. The Kier molecular flexibility index (Phi) is 6.61. The lowest BCUT2D eigenvalue weighted by atomic mass is 9.74. The van der Waals surface area contributed by atoms with Crippen LogP contribution >= 0.6 is 0 Å². The van der Waals surface area contributed by atoms with Crippen molar-refractivity contribution < 1.29 is 4.79 Å². The van der Waals surface area contributed by atoms with Crippen LogP contribution in [0.5, 0.6) is 0 Å². The minimum absolute atomic E-state index is 0.0409. The summed E-state index contributed by atoms with van der Waals surface area (Å²) in [5, 5.41) is 3.53. The number of carbonyl (C=O) groups is 1. The van der Waals surface area contributed by atoms with Gasteiger partial charge in [0.2, 0.25) is 0 Å². The van der Waals surface area contributed by atoms with Crippen molar-refractivity contribution in [3.8, 4) is 0 Å². The molecule has 1 aliphatic heterocycles. The maximum Gasteiger partial charge on any atom is 0.146 e. The van der Waals surface area contributed by atoms with Gasteiger partial charge in [0.15, 0.2) is 0 Å². The van der Waals surface area contributed by atoms with E-state index >= 15 is 0 Å². The van der Waals surface area contributed by atoms with Gasteiger partial charge < -0.3 is 0 Å². The van der Waals surface area contributed by atoms with E-state index in [0.29, 0.717) is 12.1 Å². The van der Waals surface area contributed by atoms with Gasteiger partial charge in [-0.05, 0) is 57.8 Å². The molecule has 1 saturated carbocycles. The SMILES string of the molecule is CCC1CCCC(CC)C1N=C(C)C1CCCC(C(C)=O)N1. The van der Waals surface area contributed by atoms with Crippen molar-refractivity contribution in [2.24, 2.45) is 16.8 Å². The van der Waals surface area contributed by atoms with E-state index in [9.17, 15) is 4.79 Å². The van der Waals surface area contributed by atoms with Gasteiger partial charge in [0.05, 0.1) is 12.1 Å². The fourth-order valence-electron chi connectivity index (χ4n) is 4.38. The Balaban J connectivity index is 2.09. The van der Waals surface area contributed by atoms with E-state index in [1.54, 1.807) is 6.92 Å². The van der Waals surface area contributed by atoms with Gasteiger partial charge in [-0.15, -0.1) is 0 Å². The van der Waals surface area contributed by atoms with Crippen LogP contribution in [0.2, 0.25) is 0 Å². The van der Waals surface area contributed by atoms with E-state index in [0.717, 1.165) is 31.1 Å². The second-order valence-corrected chi connectivity index (χ2v) is 7.34. The molecule has 1 aliphatic carbocycles. The first-order chi connectivity index (χ1) is 10.6. The Morgan fingerprint density at radius 2 is 1.50 bits per heavy atom. The average molecular weight is 306 g/mol. The van der Waals surface area contributed by atoms with Crippen LogP contribution in [0.25, 0.3) is 0 Å². The quantitative estimate of drug-likeness (QED) is 0.775. The molecule has 1 N–H and O–H groups in total. The maximum absolute atomic E-state index is 11.7. The van der Waals surface area contributed by atoms with Crippen LogP contribution < -0.4 is 5.32 Å². The number of aliphatic imine (C=N–C) groups is 1. The van der Waals surface area contributed by atoms with Crippen LogP contribution in [0.15, 0.2) is 4.99 Å². The van der Waals surface area contributed by atoms with Crippen molar-refractivity contribution >= 4 is 11.5 Å². The molecule has 4 atom stereocenters. The second-order valence-electron chi connectivity index (χ2n) is 7.34. The molecule has 3 nitrogen and oxygen atoms in total. The van der Waals surface area contributed by atoms with E-state index in [-0.39, 0.29) is 11.8 Å². The molecular formula is C19H34N2O. The first kappa shape index (κ1) is 17.7. The number of carbonyl (C=O) groups excluding carboxylic acids is 1. The molecule has 4 unspecified atom stereocenters. The van der Waals surface area contributed by atoms with Gasteiger partial charge in [-0.3, -0.25) is 15.1 Å². The van der Waals surface area contributed by atoms with E-state index < -0.39 is 0 Å². The molecule has 2 rings (SSSR count). The Bertz CT molecular complexity index is 392. The maximum atomic E-state index is 11.7. The van der Waals surface area contributed by atoms with Gasteiger partial charge >= 0.3 is 0 Å². The van der Waals surface area contributed by atoms with Crippen molar-refractivity contribution in [2.75, 3.05) is 0 Å². The van der Waals surface area contributed by atoms with Crippen molar-refractivity contribution in [3.05, 3.63) is 0 Å². The third kappa shape index (κ3) is 4.18. The molecule has 126 valence electrons. The fourth-order valence-corrected chi connectivity index (χ4v) is 4.38. The van der Waals surface area contributed by atoms with Crippen LogP contribution in [0.1, 0.15) is 79.1 Å². The summed E-state index contributed by atoms with van der Waals surface area (Å²) < 4.78 is 0. The number of hydrogen-bond acceptors (Lipinski definition) is 3. The predicted octanol–water partition coefficient (Wildman–Crippen LogP) is 4.15. The average Bonchev–Trinajstić information content (AvgIpc) is 2.55. The van der Waals surface area contributed by atoms with Crippen molar-refractivity contribution in [3.63, 3.8) is 0 Å². The second kappa shape index (κ2) is 8.24. The lowest BCUT2D eigenvalue weighted by Crippen LogP contribution is -2.49. The largest absolute Gasteiger partial charge is 0.299 e. The normalized spacial score (nSPS) is 37.1. The summed E-state index contributed by atoms with van der Waals surface area (Å²) in [4.78, 5) is 16.9. The van der Waals surface area contributed by atoms with E-state index in [1.807, 2.05) is 0 Å². The fraction of sp³-hybridized carbons (Fsp3) is 0.895. The molecule has 0 amide bonds. The minimum atomic E-state index is 0.0409. The Morgan fingerprint density at radius 1 is 0.955 bits per heavy atom. The van der Waals surface area contributed by atoms with Crippen LogP contribution in [-0.2, 0) is 4.79 Å². The number of rotatable bonds is 5. The molecule has 22 heavy (non-hydrogen) atoms. The monoisotopic (exact) mass is 306 g/mol. The highest BCUT2D eigenvalue weighted by molar-refractivity contribution is 5.89. The topological polar surface area (TPSA) is 41.5 Å². The third-order valence-corrected chi connectivity index (χ3v) is 5.90. The molecule has 0 radical (unpaired) electrons. The first-order valence-electron chi connectivity index (χ1n) is 9.37. The molecule has 0 spiro atoms. The Hall–Kier alpha value is -0.700. The lowest BCUT2D eigenvalue weighted by Gasteiger charge is -2.37. The smallest absolute Gasteiger partial charge is 0.146 e. The molecule has 0 aromatic carbocycles. The highest BCUT2D eigenvalue weighted by atomic mass is 16.1. The number of nitrogens with zero attached hydrogens (tertiary/aromatic N) is 1. The molecule has 1 saturated heterocycles. The van der Waals surface area contributed by atoms with E-state index in [2.05, 4.69) is 26.1 Å². The summed E-state index contributed by atoms with van der Waals surface area (Å²) in [6, 6.07) is 0.849. The standard InChI is InChI=1S/C19H34N2O/c1-5-15-9-7-10-16(6-2)19(15)20-13(3)17-11-8-12-18(21-17)14(4)22/h15-19,21H,5-12H2,1-4H3. The molecule has 2 fully saturated rings. The number of nitrogens with one attached hydrogen (secondary N) is 1. The zero-order valence-corrected chi connectivity index (χ0v) is 14.9.